The number of halogens is 1. The molecule has 78 valence electrons. The van der Waals surface area contributed by atoms with Crippen LogP contribution in [0.25, 0.3) is 0 Å². The molecule has 1 aromatic heterocycles. The summed E-state index contributed by atoms with van der Waals surface area (Å²) in [7, 11) is 1.76. The fourth-order valence-electron chi connectivity index (χ4n) is 1.15. The van der Waals surface area contributed by atoms with Crippen molar-refractivity contribution >= 4 is 21.8 Å². The number of carbonyl (C=O) groups excluding carboxylic acids is 1. The molecule has 1 unspecified atom stereocenters. The minimum atomic E-state index is -0.0839. The summed E-state index contributed by atoms with van der Waals surface area (Å²) in [6.07, 6.45) is 0. The van der Waals surface area contributed by atoms with Gasteiger partial charge < -0.3 is 5.32 Å². The second kappa shape index (κ2) is 4.59. The standard InChI is InChI=1S/C9H14BrN3O/c1-6(10)5-11-9(14)8-4-7(2)12-13(8)3/h4,6H,5H2,1-3H3,(H,11,14). The van der Waals surface area contributed by atoms with Gasteiger partial charge in [0.15, 0.2) is 0 Å². The third kappa shape index (κ3) is 2.83. The Bertz CT molecular complexity index is 333. The maximum Gasteiger partial charge on any atom is 0.269 e. The second-order valence-electron chi connectivity index (χ2n) is 3.29. The molecule has 0 saturated carbocycles. The van der Waals surface area contributed by atoms with Crippen LogP contribution in [0.4, 0.5) is 0 Å². The molecular formula is C9H14BrN3O. The Labute approximate surface area is 91.8 Å². The lowest BCUT2D eigenvalue weighted by molar-refractivity contribution is 0.0945. The molecule has 0 aliphatic rings. The van der Waals surface area contributed by atoms with Crippen molar-refractivity contribution in [2.24, 2.45) is 7.05 Å². The van der Waals surface area contributed by atoms with Crippen LogP contribution in [0.2, 0.25) is 0 Å². The third-order valence-electron chi connectivity index (χ3n) is 1.78. The largest absolute Gasteiger partial charge is 0.350 e. The highest BCUT2D eigenvalue weighted by Crippen LogP contribution is 2.02. The number of rotatable bonds is 3. The molecule has 0 aromatic carbocycles. The van der Waals surface area contributed by atoms with Gasteiger partial charge >= 0.3 is 0 Å². The molecular weight excluding hydrogens is 246 g/mol. The molecule has 0 radical (unpaired) electrons. The molecule has 1 aromatic rings. The average molecular weight is 260 g/mol. The smallest absolute Gasteiger partial charge is 0.269 e. The van der Waals surface area contributed by atoms with E-state index in [4.69, 9.17) is 0 Å². The van der Waals surface area contributed by atoms with Gasteiger partial charge in [-0.2, -0.15) is 5.10 Å². The summed E-state index contributed by atoms with van der Waals surface area (Å²) in [6, 6.07) is 1.77. The number of carbonyl (C=O) groups is 1. The van der Waals surface area contributed by atoms with Crippen molar-refractivity contribution < 1.29 is 4.79 Å². The summed E-state index contributed by atoms with van der Waals surface area (Å²) < 4.78 is 1.59. The summed E-state index contributed by atoms with van der Waals surface area (Å²) in [6.45, 7) is 4.46. The van der Waals surface area contributed by atoms with Gasteiger partial charge in [-0.25, -0.2) is 0 Å². The minimum Gasteiger partial charge on any atom is -0.350 e. The quantitative estimate of drug-likeness (QED) is 0.831. The van der Waals surface area contributed by atoms with Crippen LogP contribution in [-0.2, 0) is 7.05 Å². The van der Waals surface area contributed by atoms with Crippen LogP contribution in [0.1, 0.15) is 23.1 Å². The molecule has 1 atom stereocenters. The van der Waals surface area contributed by atoms with Gasteiger partial charge in [0.25, 0.3) is 5.91 Å². The van der Waals surface area contributed by atoms with Crippen molar-refractivity contribution in [3.05, 3.63) is 17.5 Å². The Morgan fingerprint density at radius 2 is 2.43 bits per heavy atom. The topological polar surface area (TPSA) is 46.9 Å². The highest BCUT2D eigenvalue weighted by Gasteiger charge is 2.11. The van der Waals surface area contributed by atoms with Crippen LogP contribution in [0.3, 0.4) is 0 Å². The maximum atomic E-state index is 11.6. The van der Waals surface area contributed by atoms with Crippen LogP contribution in [-0.4, -0.2) is 27.1 Å². The van der Waals surface area contributed by atoms with Crippen molar-refractivity contribution in [3.8, 4) is 0 Å². The molecule has 0 spiro atoms. The van der Waals surface area contributed by atoms with Gasteiger partial charge in [-0.05, 0) is 13.0 Å². The first-order valence-corrected chi connectivity index (χ1v) is 5.35. The van der Waals surface area contributed by atoms with E-state index in [1.54, 1.807) is 17.8 Å². The lowest BCUT2D eigenvalue weighted by atomic mass is 10.3. The Morgan fingerprint density at radius 1 is 1.79 bits per heavy atom. The summed E-state index contributed by atoms with van der Waals surface area (Å²) in [4.78, 5) is 11.9. The first-order chi connectivity index (χ1) is 6.50. The maximum absolute atomic E-state index is 11.6. The van der Waals surface area contributed by atoms with Crippen LogP contribution in [0.15, 0.2) is 6.07 Å². The molecule has 1 heterocycles. The van der Waals surface area contributed by atoms with E-state index in [0.29, 0.717) is 12.2 Å². The number of hydrogen-bond acceptors (Lipinski definition) is 2. The zero-order valence-electron chi connectivity index (χ0n) is 8.54. The van der Waals surface area contributed by atoms with E-state index in [1.807, 2.05) is 13.8 Å². The second-order valence-corrected chi connectivity index (χ2v) is 4.85. The molecule has 5 heteroatoms. The Kier molecular flexibility index (Phi) is 3.69. The highest BCUT2D eigenvalue weighted by atomic mass is 79.9. The monoisotopic (exact) mass is 259 g/mol. The Hall–Kier alpha value is -0.840. The van der Waals surface area contributed by atoms with Gasteiger partial charge in [-0.15, -0.1) is 0 Å². The Morgan fingerprint density at radius 3 is 2.86 bits per heavy atom. The van der Waals surface area contributed by atoms with E-state index >= 15 is 0 Å². The average Bonchev–Trinajstić information content (AvgIpc) is 2.41. The highest BCUT2D eigenvalue weighted by molar-refractivity contribution is 9.09. The molecule has 1 N–H and O–H groups in total. The predicted molar refractivity (Wildman–Crippen MR) is 58.7 cm³/mol. The van der Waals surface area contributed by atoms with Crippen LogP contribution in [0.5, 0.6) is 0 Å². The van der Waals surface area contributed by atoms with Gasteiger partial charge in [0.1, 0.15) is 5.69 Å². The molecule has 1 amide bonds. The van der Waals surface area contributed by atoms with Gasteiger partial charge in [0, 0.05) is 18.4 Å². The summed E-state index contributed by atoms with van der Waals surface area (Å²) in [5, 5.41) is 6.91. The zero-order chi connectivity index (χ0) is 10.7. The zero-order valence-corrected chi connectivity index (χ0v) is 10.1. The van der Waals surface area contributed by atoms with E-state index in [-0.39, 0.29) is 10.7 Å². The molecule has 4 nitrogen and oxygen atoms in total. The fourth-order valence-corrected chi connectivity index (χ4v) is 1.31. The molecule has 1 rings (SSSR count). The van der Waals surface area contributed by atoms with Crippen molar-refractivity contribution in [2.45, 2.75) is 18.7 Å². The molecule has 0 aliphatic heterocycles. The predicted octanol–water partition coefficient (Wildman–Crippen LogP) is 1.24. The van der Waals surface area contributed by atoms with E-state index in [2.05, 4.69) is 26.3 Å². The minimum absolute atomic E-state index is 0.0839. The Balaban J connectivity index is 2.65. The lowest BCUT2D eigenvalue weighted by Crippen LogP contribution is -2.29. The number of nitrogens with one attached hydrogen (secondary N) is 1. The van der Waals surface area contributed by atoms with E-state index in [1.165, 1.54) is 0 Å². The molecule has 0 aliphatic carbocycles. The van der Waals surface area contributed by atoms with Crippen molar-refractivity contribution in [3.63, 3.8) is 0 Å². The van der Waals surface area contributed by atoms with E-state index in [0.717, 1.165) is 5.69 Å². The molecule has 0 saturated heterocycles. The number of aromatic nitrogens is 2. The lowest BCUT2D eigenvalue weighted by Gasteiger charge is -2.06. The van der Waals surface area contributed by atoms with Gasteiger partial charge in [0.2, 0.25) is 0 Å². The van der Waals surface area contributed by atoms with Crippen molar-refractivity contribution in [1.29, 1.82) is 0 Å². The van der Waals surface area contributed by atoms with Crippen molar-refractivity contribution in [2.75, 3.05) is 6.54 Å². The summed E-state index contributed by atoms with van der Waals surface area (Å²) >= 11 is 3.36. The third-order valence-corrected chi connectivity index (χ3v) is 2.10. The normalized spacial score (nSPS) is 12.6. The number of alkyl halides is 1. The van der Waals surface area contributed by atoms with Crippen LogP contribution < -0.4 is 5.32 Å². The van der Waals surface area contributed by atoms with Crippen molar-refractivity contribution in [1.82, 2.24) is 15.1 Å². The molecule has 0 fully saturated rings. The van der Waals surface area contributed by atoms with Gasteiger partial charge in [0.05, 0.1) is 5.69 Å². The van der Waals surface area contributed by atoms with E-state index in [9.17, 15) is 4.79 Å². The SMILES string of the molecule is Cc1cc(C(=O)NCC(C)Br)n(C)n1. The molecule has 0 bridgehead atoms. The fraction of sp³-hybridized carbons (Fsp3) is 0.556. The number of aryl methyl sites for hydroxylation is 2. The first-order valence-electron chi connectivity index (χ1n) is 4.43. The number of hydrogen-bond donors (Lipinski definition) is 1. The summed E-state index contributed by atoms with van der Waals surface area (Å²) in [5.74, 6) is -0.0839. The molecule has 14 heavy (non-hydrogen) atoms. The van der Waals surface area contributed by atoms with Gasteiger partial charge in [-0.1, -0.05) is 22.9 Å². The number of amides is 1. The number of nitrogens with zero attached hydrogens (tertiary/aromatic N) is 2. The van der Waals surface area contributed by atoms with Gasteiger partial charge in [-0.3, -0.25) is 9.48 Å². The van der Waals surface area contributed by atoms with E-state index < -0.39 is 0 Å². The first kappa shape index (κ1) is 11.2. The summed E-state index contributed by atoms with van der Waals surface area (Å²) in [5.41, 5.74) is 1.44. The van der Waals surface area contributed by atoms with Crippen LogP contribution >= 0.6 is 15.9 Å². The van der Waals surface area contributed by atoms with Crippen LogP contribution in [0, 0.1) is 6.92 Å².